The Labute approximate surface area is 175 Å². The molecule has 0 spiro atoms. The van der Waals surface area contributed by atoms with Gasteiger partial charge < -0.3 is 15.0 Å². The molecule has 0 saturated heterocycles. The summed E-state index contributed by atoms with van der Waals surface area (Å²) < 4.78 is 6.31. The number of hydrogen-bond donors (Lipinski definition) is 1. The van der Waals surface area contributed by atoms with Crippen molar-refractivity contribution in [2.75, 3.05) is 14.2 Å². The minimum absolute atomic E-state index is 0.0488. The summed E-state index contributed by atoms with van der Waals surface area (Å²) in [6.07, 6.45) is 0. The maximum Gasteiger partial charge on any atom is 0.252 e. The average Bonchev–Trinajstić information content (AvgIpc) is 2.65. The highest BCUT2D eigenvalue weighted by Gasteiger charge is 2.28. The third-order valence-corrected chi connectivity index (χ3v) is 5.13. The molecule has 5 nitrogen and oxygen atoms in total. The predicted octanol–water partition coefficient (Wildman–Crippen LogP) is 4.18. The van der Waals surface area contributed by atoms with Gasteiger partial charge in [0.2, 0.25) is 5.91 Å². The maximum atomic E-state index is 13.1. The predicted molar refractivity (Wildman–Crippen MR) is 114 cm³/mol. The molecule has 0 aliphatic heterocycles. The van der Waals surface area contributed by atoms with E-state index in [9.17, 15) is 9.59 Å². The van der Waals surface area contributed by atoms with Crippen molar-refractivity contribution in [3.63, 3.8) is 0 Å². The Morgan fingerprint density at radius 3 is 2.46 bits per heavy atom. The van der Waals surface area contributed by atoms with Crippen LogP contribution in [0.4, 0.5) is 0 Å². The van der Waals surface area contributed by atoms with Crippen LogP contribution in [0.25, 0.3) is 0 Å². The number of nitrogens with zero attached hydrogens (tertiary/aromatic N) is 1. The molecule has 0 aliphatic carbocycles. The average molecular weight is 447 g/mol. The van der Waals surface area contributed by atoms with Crippen LogP contribution in [0.2, 0.25) is 0 Å². The molecule has 2 aromatic rings. The van der Waals surface area contributed by atoms with Gasteiger partial charge in [0, 0.05) is 29.2 Å². The lowest BCUT2D eigenvalue weighted by Gasteiger charge is -2.28. The van der Waals surface area contributed by atoms with Crippen LogP contribution in [0.15, 0.2) is 46.9 Å². The van der Waals surface area contributed by atoms with Gasteiger partial charge in [-0.05, 0) is 42.7 Å². The molecule has 1 atom stereocenters. The first-order chi connectivity index (χ1) is 13.2. The van der Waals surface area contributed by atoms with Crippen molar-refractivity contribution in [1.82, 2.24) is 10.2 Å². The van der Waals surface area contributed by atoms with Crippen molar-refractivity contribution in [3.8, 4) is 5.75 Å². The normalized spacial score (nSPS) is 11.8. The summed E-state index contributed by atoms with van der Waals surface area (Å²) in [5.41, 5.74) is 2.35. The van der Waals surface area contributed by atoms with Gasteiger partial charge in [-0.25, -0.2) is 0 Å². The molecule has 2 aromatic carbocycles. The molecule has 0 aromatic heterocycles. The van der Waals surface area contributed by atoms with E-state index in [1.807, 2.05) is 57.2 Å². The number of nitrogens with one attached hydrogen (secondary N) is 1. The second-order valence-electron chi connectivity index (χ2n) is 7.16. The van der Waals surface area contributed by atoms with Crippen LogP contribution < -0.4 is 10.1 Å². The van der Waals surface area contributed by atoms with Crippen LogP contribution in [0.5, 0.6) is 5.75 Å². The Bertz CT molecular complexity index is 851. The van der Waals surface area contributed by atoms with Gasteiger partial charge in [0.15, 0.2) is 0 Å². The van der Waals surface area contributed by atoms with E-state index >= 15 is 0 Å². The number of benzene rings is 2. The van der Waals surface area contributed by atoms with Gasteiger partial charge in [-0.2, -0.15) is 0 Å². The highest BCUT2D eigenvalue weighted by molar-refractivity contribution is 9.10. The SMILES string of the molecule is COc1ccc(Br)cc1CN(C)C(=O)[C@H](NC(=O)c1ccccc1C)C(C)C. The number of aryl methyl sites for hydroxylation is 1. The molecular weight excluding hydrogens is 420 g/mol. The van der Waals surface area contributed by atoms with Crippen LogP contribution in [0.3, 0.4) is 0 Å². The number of amides is 2. The number of halogens is 1. The Kier molecular flexibility index (Phi) is 7.63. The number of ether oxygens (including phenoxy) is 1. The second kappa shape index (κ2) is 9.73. The van der Waals surface area contributed by atoms with E-state index in [4.69, 9.17) is 4.74 Å². The van der Waals surface area contributed by atoms with Crippen molar-refractivity contribution >= 4 is 27.7 Å². The van der Waals surface area contributed by atoms with E-state index in [1.165, 1.54) is 0 Å². The molecule has 6 heteroatoms. The smallest absolute Gasteiger partial charge is 0.252 e. The van der Waals surface area contributed by atoms with Crippen molar-refractivity contribution in [1.29, 1.82) is 0 Å². The van der Waals surface area contributed by atoms with Crippen molar-refractivity contribution in [3.05, 3.63) is 63.6 Å². The van der Waals surface area contributed by atoms with Crippen LogP contribution in [-0.4, -0.2) is 36.9 Å². The third-order valence-electron chi connectivity index (χ3n) is 4.64. The van der Waals surface area contributed by atoms with Crippen molar-refractivity contribution < 1.29 is 14.3 Å². The summed E-state index contributed by atoms with van der Waals surface area (Å²) in [4.78, 5) is 27.4. The molecule has 0 saturated carbocycles. The van der Waals surface area contributed by atoms with Gasteiger partial charge in [0.25, 0.3) is 5.91 Å². The Hall–Kier alpha value is -2.34. The molecule has 2 amide bonds. The van der Waals surface area contributed by atoms with E-state index in [1.54, 1.807) is 25.1 Å². The molecule has 28 heavy (non-hydrogen) atoms. The number of hydrogen-bond acceptors (Lipinski definition) is 3. The van der Waals surface area contributed by atoms with E-state index in [0.717, 1.165) is 15.6 Å². The van der Waals surface area contributed by atoms with E-state index < -0.39 is 6.04 Å². The van der Waals surface area contributed by atoms with Gasteiger partial charge in [-0.1, -0.05) is 48.0 Å². The third kappa shape index (κ3) is 5.35. The van der Waals surface area contributed by atoms with Gasteiger partial charge in [0.05, 0.1) is 7.11 Å². The summed E-state index contributed by atoms with van der Waals surface area (Å²) in [6, 6.07) is 12.4. The first-order valence-electron chi connectivity index (χ1n) is 9.18. The summed E-state index contributed by atoms with van der Waals surface area (Å²) in [5, 5.41) is 2.91. The molecule has 2 rings (SSSR count). The van der Waals surface area contributed by atoms with E-state index in [-0.39, 0.29) is 17.7 Å². The fourth-order valence-electron chi connectivity index (χ4n) is 3.00. The second-order valence-corrected chi connectivity index (χ2v) is 8.08. The van der Waals surface area contributed by atoms with Gasteiger partial charge in [-0.3, -0.25) is 9.59 Å². The zero-order valence-corrected chi connectivity index (χ0v) is 18.5. The first-order valence-corrected chi connectivity index (χ1v) is 9.97. The lowest BCUT2D eigenvalue weighted by atomic mass is 10.0. The Morgan fingerprint density at radius 1 is 1.18 bits per heavy atom. The summed E-state index contributed by atoms with van der Waals surface area (Å²) >= 11 is 3.45. The first kappa shape index (κ1) is 22.0. The van der Waals surface area contributed by atoms with Crippen LogP contribution in [-0.2, 0) is 11.3 Å². The molecule has 150 valence electrons. The number of likely N-dealkylation sites (N-methyl/N-ethyl adjacent to an activating group) is 1. The quantitative estimate of drug-likeness (QED) is 0.693. The highest BCUT2D eigenvalue weighted by Crippen LogP contribution is 2.24. The molecule has 0 radical (unpaired) electrons. The van der Waals surface area contributed by atoms with Gasteiger partial charge >= 0.3 is 0 Å². The summed E-state index contributed by atoms with van der Waals surface area (Å²) in [6.45, 7) is 6.11. The van der Waals surface area contributed by atoms with Crippen LogP contribution in [0, 0.1) is 12.8 Å². The maximum absolute atomic E-state index is 13.1. The molecule has 0 unspecified atom stereocenters. The van der Waals surface area contributed by atoms with Crippen LogP contribution in [0.1, 0.15) is 35.3 Å². The zero-order valence-electron chi connectivity index (χ0n) is 17.0. The molecule has 1 N–H and O–H groups in total. The number of carbonyl (C=O) groups is 2. The van der Waals surface area contributed by atoms with E-state index in [0.29, 0.717) is 17.9 Å². The highest BCUT2D eigenvalue weighted by atomic mass is 79.9. The van der Waals surface area contributed by atoms with Crippen molar-refractivity contribution in [2.24, 2.45) is 5.92 Å². The topological polar surface area (TPSA) is 58.6 Å². The van der Waals surface area contributed by atoms with E-state index in [2.05, 4.69) is 21.2 Å². The van der Waals surface area contributed by atoms with Gasteiger partial charge in [-0.15, -0.1) is 0 Å². The zero-order chi connectivity index (χ0) is 20.8. The lowest BCUT2D eigenvalue weighted by Crippen LogP contribution is -2.50. The largest absolute Gasteiger partial charge is 0.496 e. The number of methoxy groups -OCH3 is 1. The minimum atomic E-state index is -0.616. The Morgan fingerprint density at radius 2 is 1.86 bits per heavy atom. The number of rotatable bonds is 7. The minimum Gasteiger partial charge on any atom is -0.496 e. The van der Waals surface area contributed by atoms with Crippen LogP contribution >= 0.6 is 15.9 Å². The fraction of sp³-hybridized carbons (Fsp3) is 0.364. The standard InChI is InChI=1S/C22H27BrN2O3/c1-14(2)20(24-21(26)18-9-7-6-8-15(18)3)22(27)25(4)13-16-12-17(23)10-11-19(16)28-5/h6-12,14,20H,13H2,1-5H3,(H,24,26)/t20-/m1/s1. The monoisotopic (exact) mass is 446 g/mol. The molecule has 0 aliphatic rings. The Balaban J connectivity index is 2.17. The molecule has 0 fully saturated rings. The van der Waals surface area contributed by atoms with Gasteiger partial charge in [0.1, 0.15) is 11.8 Å². The molecule has 0 heterocycles. The number of carbonyl (C=O) groups excluding carboxylic acids is 2. The molecular formula is C22H27BrN2O3. The van der Waals surface area contributed by atoms with Crippen molar-refractivity contribution in [2.45, 2.75) is 33.4 Å². The summed E-state index contributed by atoms with van der Waals surface area (Å²) in [7, 11) is 3.34. The summed E-state index contributed by atoms with van der Waals surface area (Å²) in [5.74, 6) is 0.290. The lowest BCUT2D eigenvalue weighted by molar-refractivity contribution is -0.133. The molecule has 0 bridgehead atoms. The fourth-order valence-corrected chi connectivity index (χ4v) is 3.41.